The lowest BCUT2D eigenvalue weighted by Crippen LogP contribution is -2.19. The number of H-pyrrole nitrogens is 1. The van der Waals surface area contributed by atoms with Crippen molar-refractivity contribution in [1.82, 2.24) is 15.6 Å². The quantitative estimate of drug-likeness (QED) is 0.299. The number of hydrogen-bond donors (Lipinski definition) is 3. The van der Waals surface area contributed by atoms with Crippen molar-refractivity contribution in [3.05, 3.63) is 102 Å². The minimum atomic E-state index is -0.417. The van der Waals surface area contributed by atoms with E-state index < -0.39 is 5.91 Å². The highest BCUT2D eigenvalue weighted by molar-refractivity contribution is 6.00. The van der Waals surface area contributed by atoms with Crippen molar-refractivity contribution in [3.8, 4) is 22.8 Å². The van der Waals surface area contributed by atoms with E-state index in [1.165, 1.54) is 0 Å². The summed E-state index contributed by atoms with van der Waals surface area (Å²) in [5.41, 5.74) is 6.59. The summed E-state index contributed by atoms with van der Waals surface area (Å²) in [7, 11) is 0. The Morgan fingerprint density at radius 1 is 1.03 bits per heavy atom. The first-order valence-corrected chi connectivity index (χ1v) is 10.0. The van der Waals surface area contributed by atoms with E-state index in [2.05, 4.69) is 20.7 Å². The van der Waals surface area contributed by atoms with Gasteiger partial charge in [0.05, 0.1) is 11.4 Å². The second-order valence-corrected chi connectivity index (χ2v) is 7.16. The van der Waals surface area contributed by atoms with Gasteiger partial charge in [0, 0.05) is 11.1 Å². The molecule has 0 bridgehead atoms. The summed E-state index contributed by atoms with van der Waals surface area (Å²) in [6, 6.07) is 25.8. The molecule has 1 amide bonds. The van der Waals surface area contributed by atoms with E-state index in [0.717, 1.165) is 11.1 Å². The average Bonchev–Trinajstić information content (AvgIpc) is 3.32. The third-order valence-electron chi connectivity index (χ3n) is 4.79. The van der Waals surface area contributed by atoms with Gasteiger partial charge >= 0.3 is 0 Å². The van der Waals surface area contributed by atoms with Crippen molar-refractivity contribution in [1.29, 1.82) is 0 Å². The second kappa shape index (κ2) is 9.61. The topological polar surface area (TPSA) is 99.6 Å². The van der Waals surface area contributed by atoms with E-state index in [9.17, 15) is 9.90 Å². The Kier molecular flexibility index (Phi) is 6.27. The van der Waals surface area contributed by atoms with Gasteiger partial charge in [-0.25, -0.2) is 5.43 Å². The largest absolute Gasteiger partial charge is 0.508 e. The minimum absolute atomic E-state index is 0.136. The number of hydrogen-bond acceptors (Lipinski definition) is 5. The maximum absolute atomic E-state index is 12.5. The number of rotatable bonds is 7. The van der Waals surface area contributed by atoms with Crippen LogP contribution in [0.2, 0.25) is 0 Å². The zero-order valence-electron chi connectivity index (χ0n) is 17.4. The number of benzene rings is 3. The van der Waals surface area contributed by atoms with Gasteiger partial charge in [0.15, 0.2) is 0 Å². The Morgan fingerprint density at radius 3 is 2.66 bits per heavy atom. The summed E-state index contributed by atoms with van der Waals surface area (Å²) in [6.07, 6.45) is 0. The molecule has 7 heteroatoms. The number of carbonyl (C=O) groups excluding carboxylic acids is 1. The fourth-order valence-electron chi connectivity index (χ4n) is 3.06. The molecule has 0 saturated carbocycles. The number of amides is 1. The molecule has 7 nitrogen and oxygen atoms in total. The first-order chi connectivity index (χ1) is 15.6. The third kappa shape index (κ3) is 5.20. The van der Waals surface area contributed by atoms with Crippen molar-refractivity contribution < 1.29 is 14.6 Å². The van der Waals surface area contributed by atoms with Crippen LogP contribution < -0.4 is 10.2 Å². The molecule has 32 heavy (non-hydrogen) atoms. The normalized spacial score (nSPS) is 11.2. The highest BCUT2D eigenvalue weighted by Crippen LogP contribution is 2.23. The van der Waals surface area contributed by atoms with E-state index in [1.54, 1.807) is 37.3 Å². The van der Waals surface area contributed by atoms with E-state index >= 15 is 0 Å². The molecule has 1 heterocycles. The van der Waals surface area contributed by atoms with Gasteiger partial charge in [-0.05, 0) is 42.8 Å². The molecule has 0 spiro atoms. The number of phenols is 1. The molecular formula is C25H22N4O3. The maximum Gasteiger partial charge on any atom is 0.289 e. The van der Waals surface area contributed by atoms with Crippen LogP contribution in [-0.2, 0) is 6.61 Å². The van der Waals surface area contributed by atoms with Gasteiger partial charge < -0.3 is 9.84 Å². The molecule has 3 N–H and O–H groups in total. The summed E-state index contributed by atoms with van der Waals surface area (Å²) in [5.74, 6) is 0.433. The lowest BCUT2D eigenvalue weighted by molar-refractivity contribution is 0.0950. The smallest absolute Gasteiger partial charge is 0.289 e. The lowest BCUT2D eigenvalue weighted by Gasteiger charge is -2.07. The highest BCUT2D eigenvalue weighted by atomic mass is 16.5. The second-order valence-electron chi connectivity index (χ2n) is 7.16. The summed E-state index contributed by atoms with van der Waals surface area (Å²) >= 11 is 0. The van der Waals surface area contributed by atoms with Crippen molar-refractivity contribution in [3.63, 3.8) is 0 Å². The number of aromatic hydroxyl groups is 1. The van der Waals surface area contributed by atoms with Crippen molar-refractivity contribution in [2.24, 2.45) is 5.10 Å². The molecule has 0 radical (unpaired) electrons. The fraction of sp³-hybridized carbons (Fsp3) is 0.0800. The summed E-state index contributed by atoms with van der Waals surface area (Å²) in [4.78, 5) is 12.5. The van der Waals surface area contributed by atoms with Crippen LogP contribution in [0.4, 0.5) is 0 Å². The summed E-state index contributed by atoms with van der Waals surface area (Å²) in [5, 5.41) is 20.7. The van der Waals surface area contributed by atoms with E-state index in [1.807, 2.05) is 54.6 Å². The summed E-state index contributed by atoms with van der Waals surface area (Å²) < 4.78 is 5.87. The lowest BCUT2D eigenvalue weighted by atomic mass is 10.1. The first kappa shape index (κ1) is 20.9. The predicted molar refractivity (Wildman–Crippen MR) is 123 cm³/mol. The van der Waals surface area contributed by atoms with Gasteiger partial charge in [-0.2, -0.15) is 10.2 Å². The number of phenolic OH excluding ortho intramolecular Hbond substituents is 1. The highest BCUT2D eigenvalue weighted by Gasteiger charge is 2.12. The van der Waals surface area contributed by atoms with Crippen LogP contribution in [0.5, 0.6) is 11.5 Å². The van der Waals surface area contributed by atoms with Crippen LogP contribution in [-0.4, -0.2) is 26.9 Å². The number of carbonyl (C=O) groups is 1. The van der Waals surface area contributed by atoms with Gasteiger partial charge in [0.25, 0.3) is 5.91 Å². The Bertz CT molecular complexity index is 1250. The molecule has 0 aliphatic carbocycles. The Morgan fingerprint density at radius 2 is 1.84 bits per heavy atom. The molecule has 3 aromatic carbocycles. The Labute approximate surface area is 185 Å². The summed E-state index contributed by atoms with van der Waals surface area (Å²) in [6.45, 7) is 2.21. The maximum atomic E-state index is 12.5. The van der Waals surface area contributed by atoms with Crippen LogP contribution in [0.15, 0.2) is 90.0 Å². The molecule has 0 unspecified atom stereocenters. The fourth-order valence-corrected chi connectivity index (χ4v) is 3.06. The third-order valence-corrected chi connectivity index (χ3v) is 4.79. The number of aromatic nitrogens is 2. The van der Waals surface area contributed by atoms with Crippen molar-refractivity contribution in [2.45, 2.75) is 13.5 Å². The van der Waals surface area contributed by atoms with Crippen LogP contribution >= 0.6 is 0 Å². The number of nitrogens with one attached hydrogen (secondary N) is 2. The predicted octanol–water partition coefficient (Wildman–Crippen LogP) is 4.52. The van der Waals surface area contributed by atoms with E-state index in [-0.39, 0.29) is 11.4 Å². The first-order valence-electron chi connectivity index (χ1n) is 10.0. The molecule has 4 aromatic rings. The minimum Gasteiger partial charge on any atom is -0.508 e. The SMILES string of the molecule is C/C(=N/NC(=O)c1cc(-c2cccc(OCc3ccccc3)c2)n[nH]1)c1cccc(O)c1. The number of aromatic amines is 1. The number of nitrogens with zero attached hydrogens (tertiary/aromatic N) is 2. The Balaban J connectivity index is 1.42. The van der Waals surface area contributed by atoms with Gasteiger partial charge in [0.1, 0.15) is 23.8 Å². The zero-order valence-corrected chi connectivity index (χ0v) is 17.4. The van der Waals surface area contributed by atoms with Gasteiger partial charge in [-0.3, -0.25) is 9.89 Å². The van der Waals surface area contributed by atoms with Crippen molar-refractivity contribution >= 4 is 11.6 Å². The molecular weight excluding hydrogens is 404 g/mol. The molecule has 160 valence electrons. The zero-order chi connectivity index (χ0) is 22.3. The van der Waals surface area contributed by atoms with Crippen LogP contribution in [0.3, 0.4) is 0 Å². The molecule has 0 aliphatic heterocycles. The average molecular weight is 426 g/mol. The number of hydrazone groups is 1. The molecule has 1 aromatic heterocycles. The van der Waals surface area contributed by atoms with Crippen molar-refractivity contribution in [2.75, 3.05) is 0 Å². The standard InChI is InChI=1S/C25H22N4O3/c1-17(19-9-5-11-21(30)13-19)26-29-25(31)24-15-23(27-28-24)20-10-6-12-22(14-20)32-16-18-7-3-2-4-8-18/h2-15,30H,16H2,1H3,(H,27,28)(H,29,31)/b26-17-. The van der Waals surface area contributed by atoms with Gasteiger partial charge in [-0.1, -0.05) is 54.6 Å². The van der Waals surface area contributed by atoms with Crippen LogP contribution in [0, 0.1) is 0 Å². The molecule has 0 saturated heterocycles. The van der Waals surface area contributed by atoms with Crippen LogP contribution in [0.25, 0.3) is 11.3 Å². The molecule has 0 atom stereocenters. The monoisotopic (exact) mass is 426 g/mol. The van der Waals surface area contributed by atoms with Gasteiger partial charge in [0.2, 0.25) is 0 Å². The van der Waals surface area contributed by atoms with E-state index in [0.29, 0.717) is 29.3 Å². The van der Waals surface area contributed by atoms with Gasteiger partial charge in [-0.15, -0.1) is 0 Å². The molecule has 0 fully saturated rings. The molecule has 4 rings (SSSR count). The van der Waals surface area contributed by atoms with E-state index in [4.69, 9.17) is 4.74 Å². The van der Waals surface area contributed by atoms with Crippen LogP contribution in [0.1, 0.15) is 28.5 Å². The molecule has 0 aliphatic rings. The Hall–Kier alpha value is -4.39. The number of ether oxygens (including phenoxy) is 1.